The number of carbonyl (C=O) groups is 1. The Bertz CT molecular complexity index is 862. The first kappa shape index (κ1) is 18.1. The Morgan fingerprint density at radius 3 is 2.54 bits per heavy atom. The van der Waals surface area contributed by atoms with Crippen molar-refractivity contribution >= 4 is 29.8 Å². The standard InChI is InChI=1S/C17H15ClN4O.ClH/c1-11-20-21-16(10-19)22(11)15-8-7-13(18)9-14(15)17(23)12-5-3-2-4-6-12;/h2-9H,10,19H2,1H3;1H. The monoisotopic (exact) mass is 362 g/mol. The van der Waals surface area contributed by atoms with Crippen LogP contribution in [0.2, 0.25) is 5.02 Å². The first-order valence-corrected chi connectivity index (χ1v) is 7.50. The summed E-state index contributed by atoms with van der Waals surface area (Å²) in [6.07, 6.45) is 0. The maximum atomic E-state index is 12.9. The molecule has 2 aromatic carbocycles. The summed E-state index contributed by atoms with van der Waals surface area (Å²) in [6.45, 7) is 2.04. The number of benzene rings is 2. The van der Waals surface area contributed by atoms with E-state index in [1.54, 1.807) is 34.9 Å². The molecule has 0 aliphatic carbocycles. The molecule has 0 amide bonds. The molecule has 1 aromatic heterocycles. The van der Waals surface area contributed by atoms with Crippen molar-refractivity contribution in [3.05, 3.63) is 76.3 Å². The van der Waals surface area contributed by atoms with E-state index in [9.17, 15) is 4.79 Å². The first-order chi connectivity index (χ1) is 11.1. The molecule has 0 unspecified atom stereocenters. The van der Waals surface area contributed by atoms with Gasteiger partial charge in [0.15, 0.2) is 11.6 Å². The maximum absolute atomic E-state index is 12.9. The summed E-state index contributed by atoms with van der Waals surface area (Å²) in [5, 5.41) is 8.59. The number of hydrogen-bond donors (Lipinski definition) is 1. The fourth-order valence-corrected chi connectivity index (χ4v) is 2.65. The Kier molecular flexibility index (Phi) is 5.72. The van der Waals surface area contributed by atoms with Crippen molar-refractivity contribution in [2.75, 3.05) is 0 Å². The molecule has 124 valence electrons. The smallest absolute Gasteiger partial charge is 0.195 e. The third-order valence-electron chi connectivity index (χ3n) is 3.55. The minimum absolute atomic E-state index is 0. The topological polar surface area (TPSA) is 73.8 Å². The Labute approximate surface area is 150 Å². The predicted octanol–water partition coefficient (Wildman–Crippen LogP) is 3.34. The van der Waals surface area contributed by atoms with E-state index in [2.05, 4.69) is 10.2 Å². The van der Waals surface area contributed by atoms with Crippen molar-refractivity contribution in [3.63, 3.8) is 0 Å². The van der Waals surface area contributed by atoms with Gasteiger partial charge in [-0.2, -0.15) is 0 Å². The fraction of sp³-hybridized carbons (Fsp3) is 0.118. The first-order valence-electron chi connectivity index (χ1n) is 7.12. The minimum Gasteiger partial charge on any atom is -0.324 e. The van der Waals surface area contributed by atoms with Crippen LogP contribution < -0.4 is 5.73 Å². The van der Waals surface area contributed by atoms with Crippen molar-refractivity contribution in [1.29, 1.82) is 0 Å². The number of carbonyl (C=O) groups excluding carboxylic acids is 1. The van der Waals surface area contributed by atoms with Gasteiger partial charge in [-0.3, -0.25) is 9.36 Å². The van der Waals surface area contributed by atoms with E-state index < -0.39 is 0 Å². The third kappa shape index (κ3) is 3.33. The van der Waals surface area contributed by atoms with Crippen LogP contribution in [0.1, 0.15) is 27.6 Å². The van der Waals surface area contributed by atoms with Gasteiger partial charge in [-0.25, -0.2) is 0 Å². The van der Waals surface area contributed by atoms with Gasteiger partial charge in [0.1, 0.15) is 5.82 Å². The molecule has 0 spiro atoms. The zero-order chi connectivity index (χ0) is 16.4. The van der Waals surface area contributed by atoms with Gasteiger partial charge < -0.3 is 5.73 Å². The molecule has 1 heterocycles. The lowest BCUT2D eigenvalue weighted by Crippen LogP contribution is -2.13. The van der Waals surface area contributed by atoms with Crippen LogP contribution in [0.25, 0.3) is 5.69 Å². The number of rotatable bonds is 4. The number of halogens is 2. The van der Waals surface area contributed by atoms with Gasteiger partial charge >= 0.3 is 0 Å². The molecule has 0 radical (unpaired) electrons. The highest BCUT2D eigenvalue weighted by Crippen LogP contribution is 2.24. The number of nitrogens with two attached hydrogens (primary N) is 1. The Balaban J connectivity index is 0.00000208. The fourth-order valence-electron chi connectivity index (χ4n) is 2.48. The zero-order valence-electron chi connectivity index (χ0n) is 12.9. The van der Waals surface area contributed by atoms with Crippen LogP contribution in [0.5, 0.6) is 0 Å². The molecule has 0 saturated carbocycles. The van der Waals surface area contributed by atoms with Gasteiger partial charge in [0.25, 0.3) is 0 Å². The average molecular weight is 363 g/mol. The zero-order valence-corrected chi connectivity index (χ0v) is 14.5. The summed E-state index contributed by atoms with van der Waals surface area (Å²) in [4.78, 5) is 12.9. The van der Waals surface area contributed by atoms with Gasteiger partial charge in [-0.05, 0) is 25.1 Å². The van der Waals surface area contributed by atoms with E-state index in [1.807, 2.05) is 25.1 Å². The summed E-state index contributed by atoms with van der Waals surface area (Å²) < 4.78 is 1.78. The summed E-state index contributed by atoms with van der Waals surface area (Å²) in [5.74, 6) is 1.14. The molecule has 24 heavy (non-hydrogen) atoms. The summed E-state index contributed by atoms with van der Waals surface area (Å²) >= 11 is 6.11. The number of hydrogen-bond acceptors (Lipinski definition) is 4. The molecule has 0 saturated heterocycles. The lowest BCUT2D eigenvalue weighted by Gasteiger charge is -2.13. The third-order valence-corrected chi connectivity index (χ3v) is 3.79. The van der Waals surface area contributed by atoms with Crippen LogP contribution >= 0.6 is 24.0 Å². The number of ketones is 1. The van der Waals surface area contributed by atoms with E-state index >= 15 is 0 Å². The summed E-state index contributed by atoms with van der Waals surface area (Å²) in [7, 11) is 0. The van der Waals surface area contributed by atoms with Crippen LogP contribution in [0.4, 0.5) is 0 Å². The van der Waals surface area contributed by atoms with Crippen molar-refractivity contribution in [2.45, 2.75) is 13.5 Å². The second-order valence-corrected chi connectivity index (χ2v) is 5.50. The SMILES string of the molecule is Cc1nnc(CN)n1-c1ccc(Cl)cc1C(=O)c1ccccc1.Cl. The lowest BCUT2D eigenvalue weighted by molar-refractivity contribution is 0.103. The van der Waals surface area contributed by atoms with Crippen LogP contribution in [0.15, 0.2) is 48.5 Å². The number of nitrogens with zero attached hydrogens (tertiary/aromatic N) is 3. The molecule has 0 aliphatic rings. The molecule has 3 rings (SSSR count). The van der Waals surface area contributed by atoms with Crippen LogP contribution in [-0.2, 0) is 6.54 Å². The van der Waals surface area contributed by atoms with E-state index in [1.165, 1.54) is 0 Å². The predicted molar refractivity (Wildman–Crippen MR) is 96.1 cm³/mol. The Morgan fingerprint density at radius 2 is 1.88 bits per heavy atom. The van der Waals surface area contributed by atoms with Crippen molar-refractivity contribution in [2.24, 2.45) is 5.73 Å². The highest BCUT2D eigenvalue weighted by Gasteiger charge is 2.19. The normalized spacial score (nSPS) is 10.3. The second kappa shape index (κ2) is 7.57. The van der Waals surface area contributed by atoms with Crippen molar-refractivity contribution in [3.8, 4) is 5.69 Å². The molecule has 7 heteroatoms. The molecule has 0 aliphatic heterocycles. The van der Waals surface area contributed by atoms with Crippen LogP contribution in [0, 0.1) is 6.92 Å². The highest BCUT2D eigenvalue weighted by atomic mass is 35.5. The van der Waals surface area contributed by atoms with Crippen molar-refractivity contribution in [1.82, 2.24) is 14.8 Å². The highest BCUT2D eigenvalue weighted by molar-refractivity contribution is 6.31. The molecule has 0 atom stereocenters. The molecular weight excluding hydrogens is 347 g/mol. The molecule has 5 nitrogen and oxygen atoms in total. The number of aromatic nitrogens is 3. The molecule has 2 N–H and O–H groups in total. The molecular formula is C17H16Cl2N4O. The summed E-state index contributed by atoms with van der Waals surface area (Å²) in [6, 6.07) is 14.2. The Morgan fingerprint density at radius 1 is 1.17 bits per heavy atom. The molecule has 0 fully saturated rings. The van der Waals surface area contributed by atoms with Crippen LogP contribution in [-0.4, -0.2) is 20.5 Å². The van der Waals surface area contributed by atoms with Gasteiger partial charge in [0.05, 0.1) is 12.2 Å². The van der Waals surface area contributed by atoms with E-state index in [0.29, 0.717) is 33.5 Å². The van der Waals surface area contributed by atoms with E-state index in [0.717, 1.165) is 0 Å². The second-order valence-electron chi connectivity index (χ2n) is 5.06. The summed E-state index contributed by atoms with van der Waals surface area (Å²) in [5.41, 5.74) is 7.49. The maximum Gasteiger partial charge on any atom is 0.195 e. The van der Waals surface area contributed by atoms with Gasteiger partial charge in [0.2, 0.25) is 0 Å². The van der Waals surface area contributed by atoms with E-state index in [-0.39, 0.29) is 24.7 Å². The molecule has 0 bridgehead atoms. The minimum atomic E-state index is -0.112. The Hall–Kier alpha value is -2.21. The van der Waals surface area contributed by atoms with Crippen molar-refractivity contribution < 1.29 is 4.79 Å². The van der Waals surface area contributed by atoms with Gasteiger partial charge in [0, 0.05) is 16.1 Å². The molecule has 3 aromatic rings. The van der Waals surface area contributed by atoms with E-state index in [4.69, 9.17) is 17.3 Å². The average Bonchev–Trinajstić information content (AvgIpc) is 2.95. The lowest BCUT2D eigenvalue weighted by atomic mass is 10.0. The quantitative estimate of drug-likeness (QED) is 0.722. The van der Waals surface area contributed by atoms with Crippen LogP contribution in [0.3, 0.4) is 0 Å². The van der Waals surface area contributed by atoms with Gasteiger partial charge in [-0.1, -0.05) is 41.9 Å². The number of aryl methyl sites for hydroxylation is 1. The van der Waals surface area contributed by atoms with Gasteiger partial charge in [-0.15, -0.1) is 22.6 Å². The largest absolute Gasteiger partial charge is 0.324 e.